The number of carbonyl (C=O) groups excluding carboxylic acids is 3. The molecule has 1 N–H and O–H groups in total. The molecule has 1 aliphatic heterocycles. The number of non-ortho nitro benzene ring substituents is 1. The maximum atomic E-state index is 13.6. The molecule has 1 saturated carbocycles. The van der Waals surface area contributed by atoms with E-state index in [0.29, 0.717) is 17.9 Å². The third-order valence-electron chi connectivity index (χ3n) is 7.03. The van der Waals surface area contributed by atoms with Crippen LogP contribution in [-0.4, -0.2) is 47.8 Å². The van der Waals surface area contributed by atoms with Crippen molar-refractivity contribution in [1.82, 2.24) is 5.32 Å². The van der Waals surface area contributed by atoms with Crippen molar-refractivity contribution >= 4 is 23.6 Å². The van der Waals surface area contributed by atoms with Crippen LogP contribution in [0.25, 0.3) is 0 Å². The van der Waals surface area contributed by atoms with Crippen LogP contribution in [0, 0.1) is 27.9 Å². The van der Waals surface area contributed by atoms with Gasteiger partial charge >= 0.3 is 17.9 Å². The Kier molecular flexibility index (Phi) is 9.48. The number of nitrogens with one attached hydrogen (secondary N) is 1. The van der Waals surface area contributed by atoms with Crippen LogP contribution in [-0.2, 0) is 33.3 Å². The molecule has 38 heavy (non-hydrogen) atoms. The molecule has 0 radical (unpaired) electrons. The summed E-state index contributed by atoms with van der Waals surface area (Å²) in [7, 11) is 0. The fraction of sp³-hybridized carbons (Fsp3) is 0.593. The molecule has 1 fully saturated rings. The smallest absolute Gasteiger partial charge is 0.355 e. The first kappa shape index (κ1) is 29.1. The molecule has 11 heteroatoms. The van der Waals surface area contributed by atoms with Gasteiger partial charge in [-0.1, -0.05) is 27.2 Å². The van der Waals surface area contributed by atoms with Crippen molar-refractivity contribution in [2.45, 2.75) is 71.8 Å². The van der Waals surface area contributed by atoms with E-state index in [2.05, 4.69) is 26.1 Å². The average molecular weight is 533 g/mol. The molecular formula is C27H36N2O9. The van der Waals surface area contributed by atoms with Crippen molar-refractivity contribution < 1.29 is 38.3 Å². The Morgan fingerprint density at radius 3 is 2.24 bits per heavy atom. The van der Waals surface area contributed by atoms with Gasteiger partial charge in [-0.15, -0.1) is 0 Å². The van der Waals surface area contributed by atoms with Gasteiger partial charge in [0.25, 0.3) is 11.3 Å². The lowest BCUT2D eigenvalue weighted by Crippen LogP contribution is -2.59. The number of esters is 3. The second-order valence-corrected chi connectivity index (χ2v) is 9.96. The van der Waals surface area contributed by atoms with Crippen molar-refractivity contribution in [2.75, 3.05) is 13.2 Å². The second kappa shape index (κ2) is 12.4. The summed E-state index contributed by atoms with van der Waals surface area (Å²) in [5, 5.41) is 13.9. The predicted molar refractivity (Wildman–Crippen MR) is 135 cm³/mol. The minimum Gasteiger partial charge on any atom is -0.463 e. The quantitative estimate of drug-likeness (QED) is 0.163. The molecule has 1 heterocycles. The molecule has 208 valence electrons. The van der Waals surface area contributed by atoms with Crippen LogP contribution in [0.3, 0.4) is 0 Å². The predicted octanol–water partition coefficient (Wildman–Crippen LogP) is 3.97. The first-order valence-electron chi connectivity index (χ1n) is 13.0. The summed E-state index contributed by atoms with van der Waals surface area (Å²) < 4.78 is 22.4. The number of ether oxygens (including phenoxy) is 4. The van der Waals surface area contributed by atoms with E-state index in [1.54, 1.807) is 13.8 Å². The standard InChI is InChI=1S/C27H36N2O9/c1-6-35-25(31)27(26(32)36-7-2)21(24(30)37-22-14-17(5)8-13-20(22)16(3)4)15-28-23(38-27)18-9-11-19(12-10-18)29(33)34/h9-12,15-17,20,22-23,28H,6-8,13-14H2,1-5H3. The highest BCUT2D eigenvalue weighted by Gasteiger charge is 2.60. The molecule has 0 amide bonds. The molecule has 1 aromatic rings. The minimum absolute atomic E-state index is 0.0864. The van der Waals surface area contributed by atoms with E-state index in [1.807, 2.05) is 0 Å². The Morgan fingerprint density at radius 1 is 1.11 bits per heavy atom. The molecule has 4 unspecified atom stereocenters. The number of nitrogens with zero attached hydrogens (tertiary/aromatic N) is 1. The van der Waals surface area contributed by atoms with Gasteiger partial charge < -0.3 is 24.3 Å². The lowest BCUT2D eigenvalue weighted by molar-refractivity contribution is -0.384. The fourth-order valence-corrected chi connectivity index (χ4v) is 4.99. The van der Waals surface area contributed by atoms with E-state index < -0.39 is 40.8 Å². The van der Waals surface area contributed by atoms with Gasteiger partial charge in [-0.3, -0.25) is 10.1 Å². The summed E-state index contributed by atoms with van der Waals surface area (Å²) in [6.07, 6.45) is 2.26. The van der Waals surface area contributed by atoms with Gasteiger partial charge in [0, 0.05) is 23.9 Å². The molecule has 0 spiro atoms. The maximum Gasteiger partial charge on any atom is 0.355 e. The zero-order valence-corrected chi connectivity index (χ0v) is 22.4. The Balaban J connectivity index is 2.03. The molecule has 1 aromatic carbocycles. The van der Waals surface area contributed by atoms with E-state index in [-0.39, 0.29) is 36.3 Å². The Morgan fingerprint density at radius 2 is 1.71 bits per heavy atom. The molecule has 4 atom stereocenters. The van der Waals surface area contributed by atoms with Gasteiger partial charge in [0.1, 0.15) is 11.7 Å². The number of nitro benzene ring substituents is 1. The maximum absolute atomic E-state index is 13.6. The van der Waals surface area contributed by atoms with Crippen LogP contribution in [0.15, 0.2) is 36.0 Å². The highest BCUT2D eigenvalue weighted by molar-refractivity contribution is 6.15. The molecule has 0 aromatic heterocycles. The lowest BCUT2D eigenvalue weighted by atomic mass is 9.75. The van der Waals surface area contributed by atoms with E-state index in [9.17, 15) is 24.5 Å². The van der Waals surface area contributed by atoms with Crippen LogP contribution in [0.1, 0.15) is 65.7 Å². The summed E-state index contributed by atoms with van der Waals surface area (Å²) in [4.78, 5) is 50.9. The third-order valence-corrected chi connectivity index (χ3v) is 7.03. The summed E-state index contributed by atoms with van der Waals surface area (Å²) in [6.45, 7) is 9.19. The highest BCUT2D eigenvalue weighted by Crippen LogP contribution is 2.39. The summed E-state index contributed by atoms with van der Waals surface area (Å²) in [6, 6.07) is 5.37. The molecule has 2 aliphatic rings. The van der Waals surface area contributed by atoms with E-state index in [1.165, 1.54) is 30.5 Å². The van der Waals surface area contributed by atoms with Gasteiger partial charge in [0.05, 0.1) is 18.1 Å². The highest BCUT2D eigenvalue weighted by atomic mass is 16.6. The van der Waals surface area contributed by atoms with Gasteiger partial charge in [-0.2, -0.15) is 0 Å². The Hall–Kier alpha value is -3.47. The Labute approximate surface area is 222 Å². The van der Waals surface area contributed by atoms with Gasteiger partial charge in [-0.05, 0) is 56.6 Å². The van der Waals surface area contributed by atoms with Crippen molar-refractivity contribution in [1.29, 1.82) is 0 Å². The van der Waals surface area contributed by atoms with Crippen molar-refractivity contribution in [2.24, 2.45) is 17.8 Å². The topological polar surface area (TPSA) is 143 Å². The monoisotopic (exact) mass is 532 g/mol. The van der Waals surface area contributed by atoms with E-state index in [0.717, 1.165) is 12.8 Å². The molecule has 0 saturated heterocycles. The first-order chi connectivity index (χ1) is 18.0. The van der Waals surface area contributed by atoms with E-state index >= 15 is 0 Å². The number of rotatable bonds is 9. The van der Waals surface area contributed by atoms with E-state index in [4.69, 9.17) is 18.9 Å². The first-order valence-corrected chi connectivity index (χ1v) is 13.0. The molecule has 3 rings (SSSR count). The molecule has 11 nitrogen and oxygen atoms in total. The van der Waals surface area contributed by atoms with Gasteiger partial charge in [0.15, 0.2) is 6.23 Å². The molecular weight excluding hydrogens is 496 g/mol. The number of benzene rings is 1. The van der Waals surface area contributed by atoms with Crippen LogP contribution in [0.4, 0.5) is 5.69 Å². The summed E-state index contributed by atoms with van der Waals surface area (Å²) in [5.41, 5.74) is -2.71. The van der Waals surface area contributed by atoms with Crippen LogP contribution in [0.2, 0.25) is 0 Å². The zero-order chi connectivity index (χ0) is 28.0. The summed E-state index contributed by atoms with van der Waals surface area (Å²) in [5.74, 6) is -2.38. The normalized spacial score (nSPS) is 24.5. The summed E-state index contributed by atoms with van der Waals surface area (Å²) >= 11 is 0. The molecule has 1 aliphatic carbocycles. The second-order valence-electron chi connectivity index (χ2n) is 9.96. The van der Waals surface area contributed by atoms with Gasteiger partial charge in [0.2, 0.25) is 0 Å². The van der Waals surface area contributed by atoms with Crippen LogP contribution in [0.5, 0.6) is 0 Å². The minimum atomic E-state index is -2.56. The molecule has 0 bridgehead atoms. The number of carbonyl (C=O) groups is 3. The van der Waals surface area contributed by atoms with Crippen molar-refractivity contribution in [3.8, 4) is 0 Å². The van der Waals surface area contributed by atoms with Crippen LogP contribution >= 0.6 is 0 Å². The fourth-order valence-electron chi connectivity index (χ4n) is 4.99. The third kappa shape index (κ3) is 5.98. The number of hydrogen-bond acceptors (Lipinski definition) is 10. The number of hydrogen-bond donors (Lipinski definition) is 1. The largest absolute Gasteiger partial charge is 0.463 e. The van der Waals surface area contributed by atoms with Gasteiger partial charge in [-0.25, -0.2) is 14.4 Å². The van der Waals surface area contributed by atoms with Crippen molar-refractivity contribution in [3.05, 3.63) is 51.7 Å². The van der Waals surface area contributed by atoms with Crippen molar-refractivity contribution in [3.63, 3.8) is 0 Å². The zero-order valence-electron chi connectivity index (χ0n) is 22.4. The SMILES string of the molecule is CCOC(=O)C1(C(=O)OCC)OC(c2ccc([N+](=O)[O-])cc2)NC=C1C(=O)OC1CC(C)CCC1C(C)C. The Bertz CT molecular complexity index is 1050. The average Bonchev–Trinajstić information content (AvgIpc) is 2.88. The lowest BCUT2D eigenvalue weighted by Gasteiger charge is -2.40. The van der Waals surface area contributed by atoms with Crippen LogP contribution < -0.4 is 5.32 Å². The number of nitro groups is 1.